The number of rotatable bonds is 6. The number of carbonyl (C=O) groups is 2. The topological polar surface area (TPSA) is 55.9 Å². The Kier molecular flexibility index (Phi) is 7.41. The summed E-state index contributed by atoms with van der Waals surface area (Å²) in [6, 6.07) is 14.1. The number of halogens is 1. The van der Waals surface area contributed by atoms with Crippen LogP contribution in [0.15, 0.2) is 48.5 Å². The van der Waals surface area contributed by atoms with Crippen molar-refractivity contribution < 1.29 is 14.0 Å². The van der Waals surface area contributed by atoms with E-state index in [9.17, 15) is 14.0 Å². The maximum atomic E-state index is 13.1. The molecule has 6 nitrogen and oxygen atoms in total. The molecular weight excluding hydrogens is 383 g/mol. The van der Waals surface area contributed by atoms with Crippen molar-refractivity contribution >= 4 is 23.2 Å². The molecule has 7 heteroatoms. The second-order valence-corrected chi connectivity index (χ2v) is 7.76. The molecule has 1 fully saturated rings. The van der Waals surface area contributed by atoms with E-state index >= 15 is 0 Å². The first kappa shape index (κ1) is 21.8. The number of amides is 2. The van der Waals surface area contributed by atoms with Crippen LogP contribution in [0.5, 0.6) is 0 Å². The number of carbonyl (C=O) groups excluding carboxylic acids is 2. The van der Waals surface area contributed by atoms with Crippen molar-refractivity contribution in [1.29, 1.82) is 0 Å². The summed E-state index contributed by atoms with van der Waals surface area (Å²) in [5.41, 5.74) is 2.84. The Hall–Kier alpha value is -2.93. The summed E-state index contributed by atoms with van der Waals surface area (Å²) in [7, 11) is 1.65. The van der Waals surface area contributed by atoms with Gasteiger partial charge in [-0.05, 0) is 49.7 Å². The van der Waals surface area contributed by atoms with Gasteiger partial charge in [0.15, 0.2) is 0 Å². The third kappa shape index (κ3) is 6.29. The van der Waals surface area contributed by atoms with E-state index in [4.69, 9.17) is 0 Å². The van der Waals surface area contributed by atoms with E-state index in [1.54, 1.807) is 19.2 Å². The lowest BCUT2D eigenvalue weighted by atomic mass is 10.2. The minimum Gasteiger partial charge on any atom is -0.370 e. The zero-order valence-electron chi connectivity index (χ0n) is 17.6. The summed E-state index contributed by atoms with van der Waals surface area (Å²) in [6.07, 6.45) is 0.919. The standard InChI is InChI=1S/C23H29FN4O2/c1-18-4-8-20(9-5-18)25-22(29)16-26(2)23(30)17-27-12-3-13-28(15-14-27)21-10-6-19(24)7-11-21/h4-11H,3,12-17H2,1-2H3,(H,25,29). The molecule has 0 unspecified atom stereocenters. The van der Waals surface area contributed by atoms with E-state index in [0.717, 1.165) is 49.5 Å². The van der Waals surface area contributed by atoms with Gasteiger partial charge in [0.1, 0.15) is 5.82 Å². The Morgan fingerprint density at radius 2 is 1.70 bits per heavy atom. The minimum absolute atomic E-state index is 0.0161. The fourth-order valence-electron chi connectivity index (χ4n) is 3.49. The first-order chi connectivity index (χ1) is 14.4. The second kappa shape index (κ2) is 10.2. The Morgan fingerprint density at radius 3 is 2.40 bits per heavy atom. The van der Waals surface area contributed by atoms with Gasteiger partial charge >= 0.3 is 0 Å². The molecule has 1 N–H and O–H groups in total. The van der Waals surface area contributed by atoms with Crippen LogP contribution in [0.4, 0.5) is 15.8 Å². The quantitative estimate of drug-likeness (QED) is 0.793. The van der Waals surface area contributed by atoms with Gasteiger partial charge < -0.3 is 15.1 Å². The van der Waals surface area contributed by atoms with Crippen molar-refractivity contribution in [2.24, 2.45) is 0 Å². The zero-order valence-corrected chi connectivity index (χ0v) is 17.6. The Labute approximate surface area is 177 Å². The van der Waals surface area contributed by atoms with Crippen molar-refractivity contribution in [1.82, 2.24) is 9.80 Å². The van der Waals surface area contributed by atoms with Gasteiger partial charge in [0, 0.05) is 44.6 Å². The smallest absolute Gasteiger partial charge is 0.243 e. The summed E-state index contributed by atoms with van der Waals surface area (Å²) >= 11 is 0. The van der Waals surface area contributed by atoms with Crippen LogP contribution in [0, 0.1) is 12.7 Å². The maximum Gasteiger partial charge on any atom is 0.243 e. The molecule has 2 amide bonds. The van der Waals surface area contributed by atoms with Crippen LogP contribution in [0.2, 0.25) is 0 Å². The van der Waals surface area contributed by atoms with Crippen molar-refractivity contribution in [3.05, 3.63) is 59.9 Å². The van der Waals surface area contributed by atoms with E-state index in [1.165, 1.54) is 17.0 Å². The van der Waals surface area contributed by atoms with Gasteiger partial charge in [-0.25, -0.2) is 4.39 Å². The lowest BCUT2D eigenvalue weighted by molar-refractivity contribution is -0.134. The highest BCUT2D eigenvalue weighted by Gasteiger charge is 2.20. The van der Waals surface area contributed by atoms with Gasteiger partial charge in [-0.3, -0.25) is 14.5 Å². The molecule has 2 aromatic rings. The number of nitrogens with zero attached hydrogens (tertiary/aromatic N) is 3. The van der Waals surface area contributed by atoms with Gasteiger partial charge in [-0.15, -0.1) is 0 Å². The van der Waals surface area contributed by atoms with Gasteiger partial charge in [0.25, 0.3) is 0 Å². The number of benzene rings is 2. The zero-order chi connectivity index (χ0) is 21.5. The van der Waals surface area contributed by atoms with Crippen LogP contribution in [0.25, 0.3) is 0 Å². The lowest BCUT2D eigenvalue weighted by Crippen LogP contribution is -2.42. The third-order valence-corrected chi connectivity index (χ3v) is 5.28. The van der Waals surface area contributed by atoms with E-state index < -0.39 is 0 Å². The molecule has 0 atom stereocenters. The van der Waals surface area contributed by atoms with E-state index in [2.05, 4.69) is 15.1 Å². The number of anilines is 2. The van der Waals surface area contributed by atoms with E-state index in [0.29, 0.717) is 0 Å². The summed E-state index contributed by atoms with van der Waals surface area (Å²) in [5.74, 6) is -0.535. The average Bonchev–Trinajstić information content (AvgIpc) is 2.96. The Balaban J connectivity index is 1.45. The van der Waals surface area contributed by atoms with Crippen LogP contribution in [0.1, 0.15) is 12.0 Å². The molecule has 2 aromatic carbocycles. The van der Waals surface area contributed by atoms with Crippen molar-refractivity contribution in [2.45, 2.75) is 13.3 Å². The molecular formula is C23H29FN4O2. The largest absolute Gasteiger partial charge is 0.370 e. The molecule has 3 rings (SSSR count). The van der Waals surface area contributed by atoms with Gasteiger partial charge in [0.05, 0.1) is 13.1 Å². The van der Waals surface area contributed by atoms with Crippen LogP contribution < -0.4 is 10.2 Å². The Bertz CT molecular complexity index is 855. The van der Waals surface area contributed by atoms with Gasteiger partial charge in [-0.2, -0.15) is 0 Å². The highest BCUT2D eigenvalue weighted by atomic mass is 19.1. The van der Waals surface area contributed by atoms with Gasteiger partial charge in [-0.1, -0.05) is 17.7 Å². The van der Waals surface area contributed by atoms with Crippen molar-refractivity contribution in [2.75, 3.05) is 56.5 Å². The molecule has 0 aromatic heterocycles. The fraction of sp³-hybridized carbons (Fsp3) is 0.391. The molecule has 1 heterocycles. The minimum atomic E-state index is -0.241. The molecule has 1 saturated heterocycles. The molecule has 0 aliphatic carbocycles. The lowest BCUT2D eigenvalue weighted by Gasteiger charge is -2.25. The average molecular weight is 413 g/mol. The molecule has 160 valence electrons. The first-order valence-corrected chi connectivity index (χ1v) is 10.2. The maximum absolute atomic E-state index is 13.1. The van der Waals surface area contributed by atoms with Crippen molar-refractivity contribution in [3.8, 4) is 0 Å². The second-order valence-electron chi connectivity index (χ2n) is 7.76. The predicted octanol–water partition coefficient (Wildman–Crippen LogP) is 2.74. The van der Waals surface area contributed by atoms with E-state index in [-0.39, 0.29) is 30.7 Å². The van der Waals surface area contributed by atoms with Crippen LogP contribution in [-0.4, -0.2) is 67.9 Å². The molecule has 0 saturated carbocycles. The summed E-state index contributed by atoms with van der Waals surface area (Å²) < 4.78 is 13.1. The monoisotopic (exact) mass is 412 g/mol. The molecule has 0 spiro atoms. The molecule has 30 heavy (non-hydrogen) atoms. The highest BCUT2D eigenvalue weighted by Crippen LogP contribution is 2.17. The molecule has 1 aliphatic rings. The SMILES string of the molecule is Cc1ccc(NC(=O)CN(C)C(=O)CN2CCCN(c3ccc(F)cc3)CC2)cc1. The van der Waals surface area contributed by atoms with Gasteiger partial charge in [0.2, 0.25) is 11.8 Å². The number of hydrogen-bond acceptors (Lipinski definition) is 4. The predicted molar refractivity (Wildman–Crippen MR) is 117 cm³/mol. The Morgan fingerprint density at radius 1 is 1.00 bits per heavy atom. The fourth-order valence-corrected chi connectivity index (χ4v) is 3.49. The summed E-state index contributed by atoms with van der Waals surface area (Å²) in [5, 5.41) is 2.82. The number of hydrogen-bond donors (Lipinski definition) is 1. The number of likely N-dealkylation sites (N-methyl/N-ethyl adjacent to an activating group) is 1. The first-order valence-electron chi connectivity index (χ1n) is 10.2. The molecule has 0 radical (unpaired) electrons. The van der Waals surface area contributed by atoms with Crippen LogP contribution >= 0.6 is 0 Å². The summed E-state index contributed by atoms with van der Waals surface area (Å²) in [6.45, 7) is 5.48. The summed E-state index contributed by atoms with van der Waals surface area (Å²) in [4.78, 5) is 30.6. The van der Waals surface area contributed by atoms with Crippen LogP contribution in [0.3, 0.4) is 0 Å². The third-order valence-electron chi connectivity index (χ3n) is 5.28. The van der Waals surface area contributed by atoms with Crippen molar-refractivity contribution in [3.63, 3.8) is 0 Å². The normalized spacial score (nSPS) is 14.8. The number of aryl methyl sites for hydroxylation is 1. The molecule has 0 bridgehead atoms. The highest BCUT2D eigenvalue weighted by molar-refractivity contribution is 5.94. The van der Waals surface area contributed by atoms with Crippen LogP contribution in [-0.2, 0) is 9.59 Å². The number of nitrogens with one attached hydrogen (secondary N) is 1. The van der Waals surface area contributed by atoms with E-state index in [1.807, 2.05) is 31.2 Å². The molecule has 1 aliphatic heterocycles.